The molecule has 0 aliphatic rings. The van der Waals surface area contributed by atoms with Crippen LogP contribution in [0, 0.1) is 0 Å². The van der Waals surface area contributed by atoms with Crippen LogP contribution < -0.4 is 10.5 Å². The van der Waals surface area contributed by atoms with E-state index in [1.54, 1.807) is 18.2 Å². The van der Waals surface area contributed by atoms with Crippen LogP contribution in [0.15, 0.2) is 18.2 Å². The van der Waals surface area contributed by atoms with Crippen molar-refractivity contribution < 1.29 is 9.84 Å². The van der Waals surface area contributed by atoms with Crippen molar-refractivity contribution >= 4 is 23.2 Å². The summed E-state index contributed by atoms with van der Waals surface area (Å²) in [6, 6.07) is 4.88. The lowest BCUT2D eigenvalue weighted by atomic mass is 10.2. The highest BCUT2D eigenvalue weighted by Gasteiger charge is 2.07. The van der Waals surface area contributed by atoms with Gasteiger partial charge in [-0.25, -0.2) is 0 Å². The van der Waals surface area contributed by atoms with E-state index in [2.05, 4.69) is 0 Å². The Morgan fingerprint density at radius 2 is 1.93 bits per heavy atom. The van der Waals surface area contributed by atoms with E-state index in [-0.39, 0.29) is 12.6 Å². The van der Waals surface area contributed by atoms with Crippen molar-refractivity contribution in [3.63, 3.8) is 0 Å². The smallest absolute Gasteiger partial charge is 0.156 e. The van der Waals surface area contributed by atoms with Crippen LogP contribution in [0.5, 0.6) is 5.75 Å². The Morgan fingerprint density at radius 3 is 2.47 bits per heavy atom. The van der Waals surface area contributed by atoms with E-state index >= 15 is 0 Å². The zero-order valence-electron chi connectivity index (χ0n) is 8.12. The summed E-state index contributed by atoms with van der Waals surface area (Å²) in [6.07, 6.45) is 0.554. The molecule has 0 aliphatic carbocycles. The normalized spacial score (nSPS) is 12.5. The third-order valence-electron chi connectivity index (χ3n) is 1.89. The first-order chi connectivity index (χ1) is 7.15. The molecule has 0 heterocycles. The van der Waals surface area contributed by atoms with E-state index in [0.717, 1.165) is 0 Å². The van der Waals surface area contributed by atoms with Crippen molar-refractivity contribution in [2.24, 2.45) is 5.73 Å². The zero-order valence-corrected chi connectivity index (χ0v) is 9.63. The average molecular weight is 250 g/mol. The molecular formula is C10H13Cl2NO2. The van der Waals surface area contributed by atoms with Crippen LogP contribution in [0.2, 0.25) is 10.0 Å². The summed E-state index contributed by atoms with van der Waals surface area (Å²) in [6.45, 7) is 0.324. The van der Waals surface area contributed by atoms with E-state index in [1.165, 1.54) is 0 Å². The van der Waals surface area contributed by atoms with Gasteiger partial charge in [0.25, 0.3) is 0 Å². The number of benzene rings is 1. The summed E-state index contributed by atoms with van der Waals surface area (Å²) >= 11 is 11.8. The molecule has 1 rings (SSSR count). The van der Waals surface area contributed by atoms with Gasteiger partial charge in [-0.15, -0.1) is 0 Å². The number of para-hydroxylation sites is 1. The molecule has 0 saturated carbocycles. The number of rotatable bonds is 5. The van der Waals surface area contributed by atoms with Gasteiger partial charge < -0.3 is 15.6 Å². The van der Waals surface area contributed by atoms with Gasteiger partial charge in [0.1, 0.15) is 0 Å². The van der Waals surface area contributed by atoms with Crippen molar-refractivity contribution in [1.29, 1.82) is 0 Å². The van der Waals surface area contributed by atoms with Gasteiger partial charge in [-0.3, -0.25) is 0 Å². The van der Waals surface area contributed by atoms with Gasteiger partial charge in [0.15, 0.2) is 5.75 Å². The molecule has 3 nitrogen and oxygen atoms in total. The van der Waals surface area contributed by atoms with E-state index in [1.807, 2.05) is 0 Å². The summed E-state index contributed by atoms with van der Waals surface area (Å²) in [7, 11) is 0. The standard InChI is InChI=1S/C10H13Cl2NO2/c11-8-2-1-3-9(12)10(8)15-5-4-7(13)6-14/h1-3,7,14H,4-6,13H2. The molecular weight excluding hydrogens is 237 g/mol. The van der Waals surface area contributed by atoms with Gasteiger partial charge >= 0.3 is 0 Å². The molecule has 1 aromatic carbocycles. The van der Waals surface area contributed by atoms with E-state index in [4.69, 9.17) is 38.8 Å². The first kappa shape index (κ1) is 12.6. The molecule has 0 amide bonds. The Bertz CT molecular complexity index is 300. The number of hydrogen-bond acceptors (Lipinski definition) is 3. The highest BCUT2D eigenvalue weighted by Crippen LogP contribution is 2.32. The number of halogens is 2. The van der Waals surface area contributed by atoms with Crippen molar-refractivity contribution in [3.05, 3.63) is 28.2 Å². The number of aliphatic hydroxyl groups is 1. The largest absolute Gasteiger partial charge is 0.490 e. The lowest BCUT2D eigenvalue weighted by Gasteiger charge is -2.11. The number of hydrogen-bond donors (Lipinski definition) is 2. The Labute approximate surface area is 98.7 Å². The summed E-state index contributed by atoms with van der Waals surface area (Å²) < 4.78 is 5.39. The predicted octanol–water partition coefficient (Wildman–Crippen LogP) is 2.08. The van der Waals surface area contributed by atoms with Gasteiger partial charge in [-0.05, 0) is 18.6 Å². The Morgan fingerprint density at radius 1 is 1.33 bits per heavy atom. The molecule has 1 aromatic rings. The van der Waals surface area contributed by atoms with Crippen LogP contribution in [-0.4, -0.2) is 24.4 Å². The number of nitrogens with two attached hydrogens (primary N) is 1. The maximum absolute atomic E-state index is 8.71. The van der Waals surface area contributed by atoms with Gasteiger partial charge in [-0.1, -0.05) is 29.3 Å². The zero-order chi connectivity index (χ0) is 11.3. The topological polar surface area (TPSA) is 55.5 Å². The molecule has 5 heteroatoms. The molecule has 0 aromatic heterocycles. The molecule has 0 saturated heterocycles. The van der Waals surface area contributed by atoms with Crippen molar-refractivity contribution in [2.45, 2.75) is 12.5 Å². The lowest BCUT2D eigenvalue weighted by molar-refractivity contribution is 0.230. The molecule has 3 N–H and O–H groups in total. The van der Waals surface area contributed by atoms with Gasteiger partial charge in [-0.2, -0.15) is 0 Å². The summed E-state index contributed by atoms with van der Waals surface area (Å²) in [4.78, 5) is 0. The second kappa shape index (κ2) is 6.18. The fourth-order valence-electron chi connectivity index (χ4n) is 1.02. The van der Waals surface area contributed by atoms with Crippen LogP contribution in [-0.2, 0) is 0 Å². The Kier molecular flexibility index (Phi) is 5.19. The van der Waals surface area contributed by atoms with Gasteiger partial charge in [0, 0.05) is 6.04 Å². The fourth-order valence-corrected chi connectivity index (χ4v) is 1.53. The molecule has 84 valence electrons. The minimum Gasteiger partial charge on any atom is -0.490 e. The molecule has 1 atom stereocenters. The highest BCUT2D eigenvalue weighted by molar-refractivity contribution is 6.37. The van der Waals surface area contributed by atoms with Gasteiger partial charge in [0.2, 0.25) is 0 Å². The van der Waals surface area contributed by atoms with Gasteiger partial charge in [0.05, 0.1) is 23.3 Å². The van der Waals surface area contributed by atoms with Crippen LogP contribution in [0.1, 0.15) is 6.42 Å². The first-order valence-corrected chi connectivity index (χ1v) is 5.34. The second-order valence-electron chi connectivity index (χ2n) is 3.13. The van der Waals surface area contributed by atoms with Crippen LogP contribution in [0.3, 0.4) is 0 Å². The molecule has 0 bridgehead atoms. The minimum absolute atomic E-state index is 0.0559. The van der Waals surface area contributed by atoms with E-state index in [9.17, 15) is 0 Å². The highest BCUT2D eigenvalue weighted by atomic mass is 35.5. The number of aliphatic hydroxyl groups excluding tert-OH is 1. The molecule has 0 spiro atoms. The Hall–Kier alpha value is -0.480. The molecule has 0 radical (unpaired) electrons. The Balaban J connectivity index is 2.50. The van der Waals surface area contributed by atoms with Crippen molar-refractivity contribution in [2.75, 3.05) is 13.2 Å². The van der Waals surface area contributed by atoms with Crippen LogP contribution >= 0.6 is 23.2 Å². The molecule has 0 aliphatic heterocycles. The molecule has 0 fully saturated rings. The monoisotopic (exact) mass is 249 g/mol. The van der Waals surface area contributed by atoms with E-state index < -0.39 is 0 Å². The maximum Gasteiger partial charge on any atom is 0.156 e. The third kappa shape index (κ3) is 3.87. The summed E-state index contributed by atoms with van der Waals surface area (Å²) in [5.41, 5.74) is 5.52. The average Bonchev–Trinajstić information content (AvgIpc) is 2.22. The predicted molar refractivity (Wildman–Crippen MR) is 61.6 cm³/mol. The SMILES string of the molecule is NC(CO)CCOc1c(Cl)cccc1Cl. The van der Waals surface area contributed by atoms with Crippen LogP contribution in [0.25, 0.3) is 0 Å². The fraction of sp³-hybridized carbons (Fsp3) is 0.400. The second-order valence-corrected chi connectivity index (χ2v) is 3.94. The van der Waals surface area contributed by atoms with Crippen molar-refractivity contribution in [3.8, 4) is 5.75 Å². The summed E-state index contributed by atoms with van der Waals surface area (Å²) in [5, 5.41) is 9.65. The molecule has 1 unspecified atom stereocenters. The van der Waals surface area contributed by atoms with Crippen molar-refractivity contribution in [1.82, 2.24) is 0 Å². The maximum atomic E-state index is 8.71. The first-order valence-electron chi connectivity index (χ1n) is 4.58. The summed E-state index contributed by atoms with van der Waals surface area (Å²) in [5.74, 6) is 0.464. The number of ether oxygens (including phenoxy) is 1. The van der Waals surface area contributed by atoms with E-state index in [0.29, 0.717) is 28.8 Å². The lowest BCUT2D eigenvalue weighted by Crippen LogP contribution is -2.26. The molecule has 15 heavy (non-hydrogen) atoms. The van der Waals surface area contributed by atoms with Crippen LogP contribution in [0.4, 0.5) is 0 Å². The quantitative estimate of drug-likeness (QED) is 0.841. The third-order valence-corrected chi connectivity index (χ3v) is 2.48. The minimum atomic E-state index is -0.272.